The van der Waals surface area contributed by atoms with Gasteiger partial charge in [-0.3, -0.25) is 4.79 Å². The molecule has 0 heterocycles. The molecule has 0 aromatic heterocycles. The van der Waals surface area contributed by atoms with E-state index in [4.69, 9.17) is 14.2 Å². The van der Waals surface area contributed by atoms with Gasteiger partial charge in [-0.2, -0.15) is 0 Å². The van der Waals surface area contributed by atoms with Crippen LogP contribution in [-0.2, 0) is 28.6 Å². The Labute approximate surface area is 106 Å². The standard InChI is InChI=1S/C11H19NO6/c1-5-17-10(14)8(11(15)18-6-2)12-9(13)7(3)16-4/h7-8H,5-6H2,1-4H3,(H,12,13). The first-order valence-electron chi connectivity index (χ1n) is 5.64. The van der Waals surface area contributed by atoms with Crippen LogP contribution >= 0.6 is 0 Å². The van der Waals surface area contributed by atoms with Gasteiger partial charge in [0, 0.05) is 7.11 Å². The molecule has 0 saturated heterocycles. The van der Waals surface area contributed by atoms with Gasteiger partial charge < -0.3 is 19.5 Å². The van der Waals surface area contributed by atoms with Gasteiger partial charge in [0.25, 0.3) is 0 Å². The van der Waals surface area contributed by atoms with E-state index in [-0.39, 0.29) is 13.2 Å². The molecule has 0 aromatic carbocycles. The SMILES string of the molecule is CCOC(=O)C(NC(=O)C(C)OC)C(=O)OCC. The Bertz CT molecular complexity index is 286. The lowest BCUT2D eigenvalue weighted by atomic mass is 10.2. The fraction of sp³-hybridized carbons (Fsp3) is 0.727. The summed E-state index contributed by atoms with van der Waals surface area (Å²) in [6.07, 6.45) is -0.781. The molecule has 0 aromatic rings. The fourth-order valence-electron chi connectivity index (χ4n) is 1.03. The minimum Gasteiger partial charge on any atom is -0.464 e. The summed E-state index contributed by atoms with van der Waals surface area (Å²) in [5.41, 5.74) is 0. The largest absolute Gasteiger partial charge is 0.464 e. The molecule has 0 aliphatic heterocycles. The summed E-state index contributed by atoms with van der Waals surface area (Å²) in [4.78, 5) is 34.6. The average molecular weight is 261 g/mol. The number of amides is 1. The van der Waals surface area contributed by atoms with E-state index in [9.17, 15) is 14.4 Å². The van der Waals surface area contributed by atoms with Crippen LogP contribution in [0, 0.1) is 0 Å². The fourth-order valence-corrected chi connectivity index (χ4v) is 1.03. The van der Waals surface area contributed by atoms with Crippen molar-refractivity contribution >= 4 is 17.8 Å². The van der Waals surface area contributed by atoms with E-state index < -0.39 is 30.0 Å². The van der Waals surface area contributed by atoms with Crippen LogP contribution in [0.4, 0.5) is 0 Å². The lowest BCUT2D eigenvalue weighted by Crippen LogP contribution is -2.51. The van der Waals surface area contributed by atoms with Crippen molar-refractivity contribution in [1.82, 2.24) is 5.32 Å². The summed E-state index contributed by atoms with van der Waals surface area (Å²) in [5, 5.41) is 2.22. The van der Waals surface area contributed by atoms with Crippen molar-refractivity contribution in [2.45, 2.75) is 32.9 Å². The zero-order chi connectivity index (χ0) is 14.1. The quantitative estimate of drug-likeness (QED) is 0.497. The third kappa shape index (κ3) is 5.13. The Hall–Kier alpha value is -1.63. The average Bonchev–Trinajstić information content (AvgIpc) is 2.34. The van der Waals surface area contributed by atoms with Gasteiger partial charge >= 0.3 is 11.9 Å². The minimum absolute atomic E-state index is 0.102. The second-order valence-corrected chi connectivity index (χ2v) is 3.32. The van der Waals surface area contributed by atoms with Crippen LogP contribution in [0.5, 0.6) is 0 Å². The molecule has 7 heteroatoms. The van der Waals surface area contributed by atoms with E-state index >= 15 is 0 Å². The lowest BCUT2D eigenvalue weighted by Gasteiger charge is -2.17. The van der Waals surface area contributed by atoms with Crippen LogP contribution < -0.4 is 5.32 Å². The molecule has 18 heavy (non-hydrogen) atoms. The Morgan fingerprint density at radius 2 is 1.50 bits per heavy atom. The van der Waals surface area contributed by atoms with E-state index in [0.717, 1.165) is 0 Å². The van der Waals surface area contributed by atoms with Gasteiger partial charge in [0.2, 0.25) is 11.9 Å². The normalized spacial score (nSPS) is 11.8. The van der Waals surface area contributed by atoms with E-state index in [1.54, 1.807) is 13.8 Å². The number of carbonyl (C=O) groups excluding carboxylic acids is 3. The van der Waals surface area contributed by atoms with Crippen LogP contribution in [0.2, 0.25) is 0 Å². The highest BCUT2D eigenvalue weighted by atomic mass is 16.6. The maximum absolute atomic E-state index is 11.6. The summed E-state index contributed by atoms with van der Waals surface area (Å²) in [7, 11) is 1.34. The molecule has 0 rings (SSSR count). The number of hydrogen-bond donors (Lipinski definition) is 1. The Morgan fingerprint density at radius 3 is 1.83 bits per heavy atom. The first-order chi connectivity index (χ1) is 8.47. The van der Waals surface area contributed by atoms with Gasteiger partial charge in [-0.15, -0.1) is 0 Å². The van der Waals surface area contributed by atoms with Crippen LogP contribution in [0.1, 0.15) is 20.8 Å². The minimum atomic E-state index is -1.46. The second-order valence-electron chi connectivity index (χ2n) is 3.32. The molecule has 7 nitrogen and oxygen atoms in total. The molecule has 0 aliphatic rings. The molecule has 0 radical (unpaired) electrons. The molecular formula is C11H19NO6. The van der Waals surface area contributed by atoms with Gasteiger partial charge in [0.05, 0.1) is 13.2 Å². The molecule has 1 atom stereocenters. The zero-order valence-corrected chi connectivity index (χ0v) is 11.0. The number of nitrogens with one attached hydrogen (secondary N) is 1. The summed E-state index contributed by atoms with van der Waals surface area (Å²) in [6.45, 7) is 4.89. The topological polar surface area (TPSA) is 90.9 Å². The van der Waals surface area contributed by atoms with E-state index in [0.29, 0.717) is 0 Å². The third-order valence-corrected chi connectivity index (χ3v) is 2.05. The van der Waals surface area contributed by atoms with Gasteiger partial charge in [0.15, 0.2) is 0 Å². The number of rotatable bonds is 7. The van der Waals surface area contributed by atoms with Crippen molar-refractivity contribution in [3.8, 4) is 0 Å². The molecule has 0 aliphatic carbocycles. The molecule has 1 unspecified atom stereocenters. The maximum Gasteiger partial charge on any atom is 0.340 e. The summed E-state index contributed by atoms with van der Waals surface area (Å²) < 4.78 is 14.2. The predicted molar refractivity (Wildman–Crippen MR) is 61.7 cm³/mol. The molecule has 0 fully saturated rings. The molecule has 104 valence electrons. The van der Waals surface area contributed by atoms with Crippen molar-refractivity contribution in [2.75, 3.05) is 20.3 Å². The van der Waals surface area contributed by atoms with E-state index in [2.05, 4.69) is 5.32 Å². The summed E-state index contributed by atoms with van der Waals surface area (Å²) in [6, 6.07) is -1.46. The molecule has 0 saturated carbocycles. The van der Waals surface area contributed by atoms with Crippen molar-refractivity contribution in [3.63, 3.8) is 0 Å². The molecule has 0 spiro atoms. The van der Waals surface area contributed by atoms with Gasteiger partial charge in [-0.05, 0) is 20.8 Å². The number of carbonyl (C=O) groups is 3. The van der Waals surface area contributed by atoms with Gasteiger partial charge in [-0.25, -0.2) is 9.59 Å². The Morgan fingerprint density at radius 1 is 1.06 bits per heavy atom. The monoisotopic (exact) mass is 261 g/mol. The highest BCUT2D eigenvalue weighted by molar-refractivity contribution is 6.02. The maximum atomic E-state index is 11.6. The highest BCUT2D eigenvalue weighted by Crippen LogP contribution is 1.97. The van der Waals surface area contributed by atoms with Crippen molar-refractivity contribution < 1.29 is 28.6 Å². The molecule has 1 N–H and O–H groups in total. The lowest BCUT2D eigenvalue weighted by molar-refractivity contribution is -0.160. The van der Waals surface area contributed by atoms with Crippen LogP contribution in [0.15, 0.2) is 0 Å². The first-order valence-corrected chi connectivity index (χ1v) is 5.64. The van der Waals surface area contributed by atoms with Gasteiger partial charge in [0.1, 0.15) is 6.10 Å². The van der Waals surface area contributed by atoms with E-state index in [1.807, 2.05) is 0 Å². The zero-order valence-electron chi connectivity index (χ0n) is 11.0. The van der Waals surface area contributed by atoms with Crippen molar-refractivity contribution in [1.29, 1.82) is 0 Å². The number of ether oxygens (including phenoxy) is 3. The smallest absolute Gasteiger partial charge is 0.340 e. The van der Waals surface area contributed by atoms with Crippen LogP contribution in [0.3, 0.4) is 0 Å². The summed E-state index contributed by atoms with van der Waals surface area (Å²) in [5.74, 6) is -2.30. The highest BCUT2D eigenvalue weighted by Gasteiger charge is 2.32. The molecule has 0 bridgehead atoms. The molecular weight excluding hydrogens is 242 g/mol. The first kappa shape index (κ1) is 16.4. The predicted octanol–water partition coefficient (Wildman–Crippen LogP) is -0.368. The number of hydrogen-bond acceptors (Lipinski definition) is 6. The third-order valence-electron chi connectivity index (χ3n) is 2.05. The molecule has 1 amide bonds. The van der Waals surface area contributed by atoms with Crippen LogP contribution in [0.25, 0.3) is 0 Å². The number of esters is 2. The van der Waals surface area contributed by atoms with Gasteiger partial charge in [-0.1, -0.05) is 0 Å². The number of methoxy groups -OCH3 is 1. The van der Waals surface area contributed by atoms with Crippen LogP contribution in [-0.4, -0.2) is 50.3 Å². The van der Waals surface area contributed by atoms with E-state index in [1.165, 1.54) is 14.0 Å². The second kappa shape index (κ2) is 8.46. The van der Waals surface area contributed by atoms with Crippen molar-refractivity contribution in [3.05, 3.63) is 0 Å². The van der Waals surface area contributed by atoms with Crippen molar-refractivity contribution in [2.24, 2.45) is 0 Å². The summed E-state index contributed by atoms with van der Waals surface area (Å²) >= 11 is 0. The Kier molecular flexibility index (Phi) is 7.69. The Balaban J connectivity index is 4.71.